The van der Waals surface area contributed by atoms with Crippen molar-refractivity contribution in [1.82, 2.24) is 4.90 Å². The third-order valence-corrected chi connectivity index (χ3v) is 5.23. The molecule has 2 aliphatic rings. The summed E-state index contributed by atoms with van der Waals surface area (Å²) in [6.45, 7) is 7.12. The van der Waals surface area contributed by atoms with Gasteiger partial charge in [0, 0.05) is 32.7 Å². The summed E-state index contributed by atoms with van der Waals surface area (Å²) in [5.41, 5.74) is 1.02. The first-order valence-electron chi connectivity index (χ1n) is 9.33. The number of carbonyl (C=O) groups is 1. The van der Waals surface area contributed by atoms with Crippen LogP contribution in [0.2, 0.25) is 0 Å². The summed E-state index contributed by atoms with van der Waals surface area (Å²) in [4.78, 5) is 14.3. The molecule has 1 aromatic rings. The van der Waals surface area contributed by atoms with Gasteiger partial charge in [0.25, 0.3) is 5.91 Å². The fraction of sp³-hybridized carbons (Fsp3) is 0.650. The third kappa shape index (κ3) is 4.73. The molecule has 1 atom stereocenters. The van der Waals surface area contributed by atoms with E-state index in [-0.39, 0.29) is 18.1 Å². The van der Waals surface area contributed by atoms with Gasteiger partial charge in [-0.15, -0.1) is 0 Å². The Morgan fingerprint density at radius 1 is 1.36 bits per heavy atom. The van der Waals surface area contributed by atoms with Crippen molar-refractivity contribution in [3.8, 4) is 5.75 Å². The van der Waals surface area contributed by atoms with E-state index in [2.05, 4.69) is 0 Å². The number of aryl methyl sites for hydroxylation is 1. The van der Waals surface area contributed by atoms with Gasteiger partial charge in [-0.05, 0) is 50.8 Å². The smallest absolute Gasteiger partial charge is 0.260 e. The molecule has 5 nitrogen and oxygen atoms in total. The lowest BCUT2D eigenvalue weighted by molar-refractivity contribution is -0.161. The van der Waals surface area contributed by atoms with Crippen LogP contribution in [0.25, 0.3) is 0 Å². The van der Waals surface area contributed by atoms with Gasteiger partial charge in [0.1, 0.15) is 5.75 Å². The molecular weight excluding hydrogens is 318 g/mol. The van der Waals surface area contributed by atoms with Crippen molar-refractivity contribution < 1.29 is 19.0 Å². The number of rotatable bonds is 5. The third-order valence-electron chi connectivity index (χ3n) is 5.23. The molecule has 2 heterocycles. The molecule has 1 amide bonds. The highest BCUT2D eigenvalue weighted by molar-refractivity contribution is 5.77. The van der Waals surface area contributed by atoms with E-state index in [4.69, 9.17) is 14.2 Å². The maximum atomic E-state index is 12.4. The summed E-state index contributed by atoms with van der Waals surface area (Å²) in [7, 11) is 0. The molecule has 1 unspecified atom stereocenters. The largest absolute Gasteiger partial charge is 0.484 e. The van der Waals surface area contributed by atoms with Crippen molar-refractivity contribution in [2.75, 3.05) is 32.9 Å². The van der Waals surface area contributed by atoms with Gasteiger partial charge in [-0.1, -0.05) is 12.1 Å². The number of ether oxygens (including phenoxy) is 3. The first kappa shape index (κ1) is 18.2. The highest BCUT2D eigenvalue weighted by Gasteiger charge is 2.41. The van der Waals surface area contributed by atoms with Crippen LogP contribution in [0.4, 0.5) is 0 Å². The highest BCUT2D eigenvalue weighted by atomic mass is 16.5. The number of likely N-dealkylation sites (tertiary alicyclic amines) is 1. The van der Waals surface area contributed by atoms with Crippen molar-refractivity contribution in [1.29, 1.82) is 0 Å². The first-order valence-corrected chi connectivity index (χ1v) is 9.33. The number of amides is 1. The Bertz CT molecular complexity index is 579. The number of piperidine rings is 1. The Kier molecular flexibility index (Phi) is 5.97. The summed E-state index contributed by atoms with van der Waals surface area (Å²) in [5.74, 6) is 0.797. The molecule has 0 saturated carbocycles. The van der Waals surface area contributed by atoms with Gasteiger partial charge in [0.05, 0.1) is 11.7 Å². The zero-order valence-electron chi connectivity index (χ0n) is 15.3. The van der Waals surface area contributed by atoms with Crippen LogP contribution in [0, 0.1) is 6.92 Å². The monoisotopic (exact) mass is 347 g/mol. The van der Waals surface area contributed by atoms with Crippen LogP contribution in [0.15, 0.2) is 24.3 Å². The average Bonchev–Trinajstić information content (AvgIpc) is 2.61. The van der Waals surface area contributed by atoms with E-state index in [9.17, 15) is 4.79 Å². The lowest BCUT2D eigenvalue weighted by Crippen LogP contribution is -2.52. The number of hydrogen-bond donors (Lipinski definition) is 0. The van der Waals surface area contributed by atoms with E-state index in [1.165, 1.54) is 0 Å². The van der Waals surface area contributed by atoms with Crippen molar-refractivity contribution in [3.05, 3.63) is 29.8 Å². The molecule has 0 radical (unpaired) electrons. The summed E-state index contributed by atoms with van der Waals surface area (Å²) >= 11 is 0. The highest BCUT2D eigenvalue weighted by Crippen LogP contribution is 2.36. The molecule has 0 aromatic heterocycles. The molecule has 1 spiro atoms. The molecule has 1 aromatic carbocycles. The summed E-state index contributed by atoms with van der Waals surface area (Å²) in [6.07, 6.45) is 3.98. The molecule has 5 heteroatoms. The first-order chi connectivity index (χ1) is 12.1. The van der Waals surface area contributed by atoms with Crippen LogP contribution in [-0.2, 0) is 14.3 Å². The van der Waals surface area contributed by atoms with E-state index in [1.807, 2.05) is 43.0 Å². The molecule has 2 fully saturated rings. The molecule has 138 valence electrons. The second kappa shape index (κ2) is 8.19. The second-order valence-electron chi connectivity index (χ2n) is 7.09. The maximum Gasteiger partial charge on any atom is 0.260 e. The molecular formula is C20H29NO4. The molecule has 3 rings (SSSR count). The predicted octanol–water partition coefficient (Wildman–Crippen LogP) is 2.95. The molecule has 0 aliphatic carbocycles. The minimum absolute atomic E-state index is 0.0496. The SMILES string of the molecule is CCOC1CCOC2(CCN(C(=O)COc3cccc(C)c3)CC2)C1. The summed E-state index contributed by atoms with van der Waals surface area (Å²) < 4.78 is 17.6. The standard InChI is InChI=1S/C20H29NO4/c1-3-23-18-7-12-25-20(14-18)8-10-21(11-9-20)19(22)15-24-17-6-4-5-16(2)13-17/h4-6,13,18H,3,7-12,14-15H2,1-2H3. The predicted molar refractivity (Wildman–Crippen MR) is 95.8 cm³/mol. The molecule has 0 bridgehead atoms. The van der Waals surface area contributed by atoms with Crippen molar-refractivity contribution in [2.24, 2.45) is 0 Å². The zero-order chi connectivity index (χ0) is 17.7. The maximum absolute atomic E-state index is 12.4. The van der Waals surface area contributed by atoms with Crippen LogP contribution in [-0.4, -0.2) is 55.4 Å². The fourth-order valence-electron chi connectivity index (χ4n) is 3.81. The minimum Gasteiger partial charge on any atom is -0.484 e. The zero-order valence-corrected chi connectivity index (χ0v) is 15.3. The molecule has 2 aliphatic heterocycles. The normalized spacial score (nSPS) is 22.8. The Labute approximate surface area is 150 Å². The number of carbonyl (C=O) groups excluding carboxylic acids is 1. The molecule has 0 N–H and O–H groups in total. The fourth-order valence-corrected chi connectivity index (χ4v) is 3.81. The topological polar surface area (TPSA) is 48.0 Å². The van der Waals surface area contributed by atoms with Gasteiger partial charge in [0.2, 0.25) is 0 Å². The van der Waals surface area contributed by atoms with Crippen LogP contribution >= 0.6 is 0 Å². The second-order valence-corrected chi connectivity index (χ2v) is 7.09. The van der Waals surface area contributed by atoms with Crippen LogP contribution < -0.4 is 4.74 Å². The summed E-state index contributed by atoms with van der Waals surface area (Å²) in [6, 6.07) is 7.78. The number of hydrogen-bond acceptors (Lipinski definition) is 4. The van der Waals surface area contributed by atoms with E-state index < -0.39 is 0 Å². The van der Waals surface area contributed by atoms with E-state index in [0.717, 1.165) is 63.3 Å². The molecule has 25 heavy (non-hydrogen) atoms. The van der Waals surface area contributed by atoms with E-state index in [1.54, 1.807) is 0 Å². The quantitative estimate of drug-likeness (QED) is 0.822. The van der Waals surface area contributed by atoms with Crippen LogP contribution in [0.5, 0.6) is 5.75 Å². The van der Waals surface area contributed by atoms with Gasteiger partial charge >= 0.3 is 0 Å². The Morgan fingerprint density at radius 3 is 2.88 bits per heavy atom. The van der Waals surface area contributed by atoms with Gasteiger partial charge in [-0.2, -0.15) is 0 Å². The van der Waals surface area contributed by atoms with Crippen molar-refractivity contribution >= 4 is 5.91 Å². The lowest BCUT2D eigenvalue weighted by atomic mass is 9.83. The van der Waals surface area contributed by atoms with Crippen molar-refractivity contribution in [3.63, 3.8) is 0 Å². The van der Waals surface area contributed by atoms with Crippen LogP contribution in [0.1, 0.15) is 38.2 Å². The van der Waals surface area contributed by atoms with E-state index >= 15 is 0 Å². The Hall–Kier alpha value is -1.59. The van der Waals surface area contributed by atoms with Gasteiger partial charge < -0.3 is 19.1 Å². The van der Waals surface area contributed by atoms with E-state index in [0.29, 0.717) is 6.10 Å². The minimum atomic E-state index is -0.105. The van der Waals surface area contributed by atoms with Gasteiger partial charge in [-0.25, -0.2) is 0 Å². The van der Waals surface area contributed by atoms with Crippen LogP contribution in [0.3, 0.4) is 0 Å². The number of nitrogens with zero attached hydrogens (tertiary/aromatic N) is 1. The Balaban J connectivity index is 1.47. The Morgan fingerprint density at radius 2 is 2.16 bits per heavy atom. The van der Waals surface area contributed by atoms with Gasteiger partial charge in [0.15, 0.2) is 6.61 Å². The molecule has 2 saturated heterocycles. The van der Waals surface area contributed by atoms with Crippen molar-refractivity contribution in [2.45, 2.75) is 51.2 Å². The summed E-state index contributed by atoms with van der Waals surface area (Å²) in [5, 5.41) is 0. The van der Waals surface area contributed by atoms with Gasteiger partial charge in [-0.3, -0.25) is 4.79 Å². The average molecular weight is 347 g/mol. The number of benzene rings is 1. The lowest BCUT2D eigenvalue weighted by Gasteiger charge is -2.46.